The average molecular weight is 279 g/mol. The van der Waals surface area contributed by atoms with Crippen molar-refractivity contribution in [1.82, 2.24) is 4.98 Å². The average Bonchev–Trinajstić information content (AvgIpc) is 3.06. The number of nitrogens with two attached hydrogens (primary N) is 1. The van der Waals surface area contributed by atoms with Gasteiger partial charge in [-0.2, -0.15) is 0 Å². The predicted octanol–water partition coefficient (Wildman–Crippen LogP) is 3.41. The molecule has 0 atom stereocenters. The Kier molecular flexibility index (Phi) is 3.98. The molecular formula is C17H17N3O. The minimum absolute atomic E-state index is 0.429. The lowest BCUT2D eigenvalue weighted by Crippen LogP contribution is -2.08. The second-order valence-electron chi connectivity index (χ2n) is 4.69. The van der Waals surface area contributed by atoms with Gasteiger partial charge < -0.3 is 15.5 Å². The normalized spacial score (nSPS) is 10.5. The van der Waals surface area contributed by atoms with Crippen LogP contribution in [0.4, 0.5) is 5.82 Å². The van der Waals surface area contributed by atoms with Crippen molar-refractivity contribution in [3.8, 4) is 11.1 Å². The number of benzene rings is 1. The van der Waals surface area contributed by atoms with Gasteiger partial charge in [0.2, 0.25) is 0 Å². The largest absolute Gasteiger partial charge is 0.467 e. The number of furan rings is 1. The van der Waals surface area contributed by atoms with Crippen molar-refractivity contribution in [3.05, 3.63) is 72.3 Å². The molecule has 0 aliphatic carbocycles. The first-order chi connectivity index (χ1) is 10.4. The molecule has 3 rings (SSSR count). The summed E-state index contributed by atoms with van der Waals surface area (Å²) in [6.45, 7) is 1.02. The molecule has 0 aliphatic rings. The van der Waals surface area contributed by atoms with Gasteiger partial charge in [0.05, 0.1) is 12.8 Å². The number of pyridine rings is 1. The lowest BCUT2D eigenvalue weighted by Gasteiger charge is -2.13. The number of aromatic nitrogens is 1. The van der Waals surface area contributed by atoms with Crippen molar-refractivity contribution in [2.75, 3.05) is 5.32 Å². The van der Waals surface area contributed by atoms with E-state index < -0.39 is 0 Å². The number of rotatable bonds is 5. The van der Waals surface area contributed by atoms with Crippen molar-refractivity contribution >= 4 is 5.82 Å². The van der Waals surface area contributed by atoms with E-state index in [4.69, 9.17) is 10.2 Å². The molecule has 0 bridgehead atoms. The smallest absolute Gasteiger partial charge is 0.131 e. The summed E-state index contributed by atoms with van der Waals surface area (Å²) >= 11 is 0. The summed E-state index contributed by atoms with van der Waals surface area (Å²) in [5.41, 5.74) is 9.19. The lowest BCUT2D eigenvalue weighted by molar-refractivity contribution is 0.517. The van der Waals surface area contributed by atoms with Gasteiger partial charge in [-0.25, -0.2) is 4.98 Å². The Morgan fingerprint density at radius 2 is 1.90 bits per heavy atom. The highest BCUT2D eigenvalue weighted by Gasteiger charge is 2.10. The van der Waals surface area contributed by atoms with Crippen LogP contribution in [0, 0.1) is 0 Å². The van der Waals surface area contributed by atoms with Gasteiger partial charge in [0.15, 0.2) is 0 Å². The van der Waals surface area contributed by atoms with Gasteiger partial charge in [-0.15, -0.1) is 0 Å². The van der Waals surface area contributed by atoms with Crippen LogP contribution >= 0.6 is 0 Å². The molecular weight excluding hydrogens is 262 g/mol. The standard InChI is InChI=1S/C17H17N3O/c18-11-16-15(13-5-2-1-3-6-13)8-9-19-17(16)20-12-14-7-4-10-21-14/h1-10H,11-12,18H2,(H,19,20). The molecule has 0 aliphatic heterocycles. The maximum atomic E-state index is 5.93. The van der Waals surface area contributed by atoms with Crippen molar-refractivity contribution in [2.24, 2.45) is 5.73 Å². The minimum atomic E-state index is 0.429. The van der Waals surface area contributed by atoms with Crippen molar-refractivity contribution in [1.29, 1.82) is 0 Å². The van der Waals surface area contributed by atoms with Crippen molar-refractivity contribution in [2.45, 2.75) is 13.1 Å². The lowest BCUT2D eigenvalue weighted by atomic mass is 10.0. The molecule has 0 unspecified atom stereocenters. The van der Waals surface area contributed by atoms with Gasteiger partial charge in [-0.3, -0.25) is 0 Å². The van der Waals surface area contributed by atoms with Crippen molar-refractivity contribution in [3.63, 3.8) is 0 Å². The molecule has 106 valence electrons. The van der Waals surface area contributed by atoms with Crippen LogP contribution in [0.2, 0.25) is 0 Å². The highest BCUT2D eigenvalue weighted by molar-refractivity contribution is 5.71. The van der Waals surface area contributed by atoms with Crippen LogP contribution in [0.15, 0.2) is 65.4 Å². The maximum absolute atomic E-state index is 5.93. The molecule has 3 N–H and O–H groups in total. The van der Waals surface area contributed by atoms with Crippen LogP contribution in [-0.4, -0.2) is 4.98 Å². The van der Waals surface area contributed by atoms with Crippen LogP contribution in [0.25, 0.3) is 11.1 Å². The molecule has 2 aromatic heterocycles. The topological polar surface area (TPSA) is 64.1 Å². The molecule has 0 radical (unpaired) electrons. The molecule has 0 amide bonds. The zero-order valence-electron chi connectivity index (χ0n) is 11.6. The minimum Gasteiger partial charge on any atom is -0.467 e. The summed E-state index contributed by atoms with van der Waals surface area (Å²) in [7, 11) is 0. The molecule has 4 heteroatoms. The van der Waals surface area contributed by atoms with E-state index in [0.717, 1.165) is 28.3 Å². The fourth-order valence-electron chi connectivity index (χ4n) is 2.32. The van der Waals surface area contributed by atoms with Gasteiger partial charge in [0.1, 0.15) is 11.6 Å². The van der Waals surface area contributed by atoms with E-state index in [-0.39, 0.29) is 0 Å². The number of anilines is 1. The van der Waals surface area contributed by atoms with Gasteiger partial charge >= 0.3 is 0 Å². The van der Waals surface area contributed by atoms with Crippen LogP contribution in [0.1, 0.15) is 11.3 Å². The van der Waals surface area contributed by atoms with Crippen LogP contribution in [0.3, 0.4) is 0 Å². The number of hydrogen-bond donors (Lipinski definition) is 2. The fourth-order valence-corrected chi connectivity index (χ4v) is 2.32. The van der Waals surface area contributed by atoms with Gasteiger partial charge in [-0.05, 0) is 29.3 Å². The highest BCUT2D eigenvalue weighted by Crippen LogP contribution is 2.27. The molecule has 1 aromatic carbocycles. The second-order valence-corrected chi connectivity index (χ2v) is 4.69. The molecule has 21 heavy (non-hydrogen) atoms. The van der Waals surface area contributed by atoms with E-state index in [1.807, 2.05) is 36.4 Å². The Morgan fingerprint density at radius 1 is 1.05 bits per heavy atom. The Bertz CT molecular complexity index is 693. The highest BCUT2D eigenvalue weighted by atomic mass is 16.3. The Hall–Kier alpha value is -2.59. The Morgan fingerprint density at radius 3 is 2.62 bits per heavy atom. The van der Waals surface area contributed by atoms with E-state index >= 15 is 0 Å². The molecule has 0 fully saturated rings. The number of nitrogens with zero attached hydrogens (tertiary/aromatic N) is 1. The molecule has 0 saturated heterocycles. The quantitative estimate of drug-likeness (QED) is 0.751. The SMILES string of the molecule is NCc1c(-c2ccccc2)ccnc1NCc1ccco1. The Labute approximate surface area is 123 Å². The van der Waals surface area contributed by atoms with Crippen molar-refractivity contribution < 1.29 is 4.42 Å². The van der Waals surface area contributed by atoms with E-state index in [0.29, 0.717) is 13.1 Å². The van der Waals surface area contributed by atoms with E-state index in [2.05, 4.69) is 22.4 Å². The van der Waals surface area contributed by atoms with Gasteiger partial charge in [-0.1, -0.05) is 30.3 Å². The first-order valence-electron chi connectivity index (χ1n) is 6.88. The zero-order chi connectivity index (χ0) is 14.5. The predicted molar refractivity (Wildman–Crippen MR) is 83.6 cm³/mol. The molecule has 4 nitrogen and oxygen atoms in total. The van der Waals surface area contributed by atoms with Gasteiger partial charge in [0.25, 0.3) is 0 Å². The first kappa shape index (κ1) is 13.4. The van der Waals surface area contributed by atoms with Crippen LogP contribution < -0.4 is 11.1 Å². The summed E-state index contributed by atoms with van der Waals surface area (Å²) in [6, 6.07) is 16.0. The zero-order valence-corrected chi connectivity index (χ0v) is 11.6. The third-order valence-electron chi connectivity index (χ3n) is 3.35. The molecule has 3 aromatic rings. The van der Waals surface area contributed by atoms with E-state index in [1.54, 1.807) is 12.5 Å². The second kappa shape index (κ2) is 6.24. The summed E-state index contributed by atoms with van der Waals surface area (Å²) in [6.07, 6.45) is 3.46. The summed E-state index contributed by atoms with van der Waals surface area (Å²) in [5.74, 6) is 1.67. The molecule has 0 spiro atoms. The van der Waals surface area contributed by atoms with E-state index in [1.165, 1.54) is 0 Å². The van der Waals surface area contributed by atoms with Crippen LogP contribution in [0.5, 0.6) is 0 Å². The first-order valence-corrected chi connectivity index (χ1v) is 6.88. The maximum Gasteiger partial charge on any atom is 0.131 e. The molecule has 2 heterocycles. The van der Waals surface area contributed by atoms with E-state index in [9.17, 15) is 0 Å². The fraction of sp³-hybridized carbons (Fsp3) is 0.118. The number of nitrogens with one attached hydrogen (secondary N) is 1. The summed E-state index contributed by atoms with van der Waals surface area (Å²) < 4.78 is 5.32. The molecule has 0 saturated carbocycles. The summed E-state index contributed by atoms with van der Waals surface area (Å²) in [4.78, 5) is 4.40. The van der Waals surface area contributed by atoms with Crippen LogP contribution in [-0.2, 0) is 13.1 Å². The Balaban J connectivity index is 1.91. The monoisotopic (exact) mass is 279 g/mol. The van der Waals surface area contributed by atoms with Gasteiger partial charge in [0, 0.05) is 18.3 Å². The third-order valence-corrected chi connectivity index (χ3v) is 3.35. The number of hydrogen-bond acceptors (Lipinski definition) is 4. The third kappa shape index (κ3) is 2.95. The summed E-state index contributed by atoms with van der Waals surface area (Å²) in [5, 5.41) is 3.29.